The normalized spacial score (nSPS) is 13.1. The first-order valence-electron chi connectivity index (χ1n) is 8.24. The highest BCUT2D eigenvalue weighted by atomic mass is 127. The number of aromatic nitrogens is 4. The van der Waals surface area contributed by atoms with E-state index < -0.39 is 7.95 Å². The quantitative estimate of drug-likeness (QED) is 0.275. The molecule has 0 saturated heterocycles. The summed E-state index contributed by atoms with van der Waals surface area (Å²) in [4.78, 5) is 10.5. The molecule has 0 amide bonds. The molecule has 2 aromatic heterocycles. The number of nitrogens with zero attached hydrogens (tertiary/aromatic N) is 4. The van der Waals surface area contributed by atoms with Gasteiger partial charge in [-0.3, -0.25) is 4.45 Å². The summed E-state index contributed by atoms with van der Waals surface area (Å²) in [6, 6.07) is 12.5. The van der Waals surface area contributed by atoms with Gasteiger partial charge < -0.3 is 9.88 Å². The molecule has 26 heavy (non-hydrogen) atoms. The van der Waals surface area contributed by atoms with Crippen LogP contribution in [-0.4, -0.2) is 52.7 Å². The number of hydrogen-bond acceptors (Lipinski definition) is 3. The molecule has 0 aliphatic rings. The second-order valence-corrected chi connectivity index (χ2v) is 9.38. The number of para-hydroxylation sites is 1. The van der Waals surface area contributed by atoms with Crippen LogP contribution in [0.5, 0.6) is 0 Å². The Kier molecular flexibility index (Phi) is 4.80. The SMILES string of the molecule is [B]P(C)n1nc(-c2nc3c(CN(C)C)cccc3[nH]2)c2cc(I)ccc21. The molecular weight excluding hydrogens is 455 g/mol. The number of nitrogens with one attached hydrogen (secondary N) is 1. The van der Waals surface area contributed by atoms with Gasteiger partial charge >= 0.3 is 0 Å². The predicted molar refractivity (Wildman–Crippen MR) is 119 cm³/mol. The minimum atomic E-state index is -0.861. The molecule has 2 radical (unpaired) electrons. The second kappa shape index (κ2) is 6.95. The number of halogens is 1. The second-order valence-electron chi connectivity index (χ2n) is 6.61. The summed E-state index contributed by atoms with van der Waals surface area (Å²) in [5.41, 5.74) is 5.12. The van der Waals surface area contributed by atoms with Crippen LogP contribution in [0.15, 0.2) is 36.4 Å². The minimum Gasteiger partial charge on any atom is -0.337 e. The van der Waals surface area contributed by atoms with Crippen molar-refractivity contribution in [3.63, 3.8) is 0 Å². The number of aromatic amines is 1. The highest BCUT2D eigenvalue weighted by molar-refractivity contribution is 14.1. The zero-order valence-electron chi connectivity index (χ0n) is 14.9. The third-order valence-corrected chi connectivity index (χ3v) is 5.80. The molecule has 8 heteroatoms. The molecule has 5 nitrogen and oxygen atoms in total. The van der Waals surface area contributed by atoms with Crippen LogP contribution >= 0.6 is 30.5 Å². The zero-order valence-corrected chi connectivity index (χ0v) is 17.9. The predicted octanol–water partition coefficient (Wildman–Crippen LogP) is 4.20. The number of imidazole rings is 1. The molecule has 4 rings (SSSR count). The molecule has 130 valence electrons. The van der Waals surface area contributed by atoms with Crippen LogP contribution in [0.4, 0.5) is 0 Å². The average molecular weight is 473 g/mol. The largest absolute Gasteiger partial charge is 0.337 e. The van der Waals surface area contributed by atoms with Crippen molar-refractivity contribution in [2.45, 2.75) is 6.54 Å². The fourth-order valence-electron chi connectivity index (χ4n) is 3.16. The van der Waals surface area contributed by atoms with Crippen molar-refractivity contribution in [2.24, 2.45) is 0 Å². The van der Waals surface area contributed by atoms with Crippen molar-refractivity contribution in [3.8, 4) is 11.5 Å². The van der Waals surface area contributed by atoms with Crippen LogP contribution in [0.2, 0.25) is 0 Å². The van der Waals surface area contributed by atoms with E-state index >= 15 is 0 Å². The molecule has 0 aliphatic carbocycles. The van der Waals surface area contributed by atoms with E-state index in [2.05, 4.69) is 83.0 Å². The van der Waals surface area contributed by atoms with Crippen molar-refractivity contribution in [3.05, 3.63) is 45.5 Å². The van der Waals surface area contributed by atoms with Crippen LogP contribution in [0.1, 0.15) is 5.56 Å². The topological polar surface area (TPSA) is 49.7 Å². The summed E-state index contributed by atoms with van der Waals surface area (Å²) >= 11 is 2.32. The standard InChI is InChI=1S/C18H18BIN5P/c1-24(2)10-11-5-4-6-14-16(11)22-18(21-14)17-13-9-12(20)7-8-15(13)25(23-17)26(3)19/h4-9H,10H2,1-3H3,(H,21,22). The number of H-pyrrole nitrogens is 1. The molecular formula is C18H18BIN5P. The van der Waals surface area contributed by atoms with E-state index in [1.807, 2.05) is 11.1 Å². The Hall–Kier alpha value is -1.44. The maximum atomic E-state index is 6.19. The van der Waals surface area contributed by atoms with E-state index in [1.165, 1.54) is 5.56 Å². The molecule has 0 bridgehead atoms. The van der Waals surface area contributed by atoms with Crippen LogP contribution in [0.3, 0.4) is 0 Å². The Morgan fingerprint density at radius 1 is 1.27 bits per heavy atom. The zero-order chi connectivity index (χ0) is 18.4. The van der Waals surface area contributed by atoms with Gasteiger partial charge in [-0.25, -0.2) is 4.98 Å². The van der Waals surface area contributed by atoms with Crippen LogP contribution < -0.4 is 0 Å². The van der Waals surface area contributed by atoms with E-state index in [1.54, 1.807) is 0 Å². The van der Waals surface area contributed by atoms with Gasteiger partial charge in [-0.1, -0.05) is 12.1 Å². The summed E-state index contributed by atoms with van der Waals surface area (Å²) in [5.74, 6) is 0.786. The van der Waals surface area contributed by atoms with Crippen molar-refractivity contribution in [1.29, 1.82) is 0 Å². The summed E-state index contributed by atoms with van der Waals surface area (Å²) < 4.78 is 3.09. The Balaban J connectivity index is 1.94. The van der Waals surface area contributed by atoms with Gasteiger partial charge in [-0.2, -0.15) is 5.10 Å². The van der Waals surface area contributed by atoms with Gasteiger partial charge in [0.1, 0.15) is 13.3 Å². The van der Waals surface area contributed by atoms with Crippen LogP contribution in [0, 0.1) is 3.57 Å². The lowest BCUT2D eigenvalue weighted by Gasteiger charge is -2.09. The molecule has 1 atom stereocenters. The summed E-state index contributed by atoms with van der Waals surface area (Å²) in [7, 11) is 9.46. The van der Waals surface area contributed by atoms with Gasteiger partial charge in [0.15, 0.2) is 5.82 Å². The molecule has 0 spiro atoms. The van der Waals surface area contributed by atoms with Crippen molar-refractivity contribution in [1.82, 2.24) is 24.4 Å². The van der Waals surface area contributed by atoms with Gasteiger partial charge in [0.2, 0.25) is 0 Å². The molecule has 1 N–H and O–H groups in total. The fourth-order valence-corrected chi connectivity index (χ4v) is 4.40. The molecule has 4 aromatic rings. The van der Waals surface area contributed by atoms with Gasteiger partial charge in [-0.05, 0) is 81.1 Å². The molecule has 0 saturated carbocycles. The summed E-state index contributed by atoms with van der Waals surface area (Å²) in [5, 5.41) is 5.87. The van der Waals surface area contributed by atoms with E-state index in [0.29, 0.717) is 0 Å². The molecule has 0 fully saturated rings. The Morgan fingerprint density at radius 3 is 2.81 bits per heavy atom. The third-order valence-electron chi connectivity index (χ3n) is 4.23. The molecule has 2 aromatic carbocycles. The van der Waals surface area contributed by atoms with E-state index in [-0.39, 0.29) is 0 Å². The minimum absolute atomic E-state index is 0.786. The first-order chi connectivity index (χ1) is 12.4. The number of fused-ring (bicyclic) bond motifs is 2. The van der Waals surface area contributed by atoms with Crippen LogP contribution in [0.25, 0.3) is 33.5 Å². The number of hydrogen-bond donors (Lipinski definition) is 1. The highest BCUT2D eigenvalue weighted by Crippen LogP contribution is 2.36. The lowest BCUT2D eigenvalue weighted by Crippen LogP contribution is -2.10. The monoisotopic (exact) mass is 473 g/mol. The lowest BCUT2D eigenvalue weighted by molar-refractivity contribution is 0.404. The van der Waals surface area contributed by atoms with Gasteiger partial charge in [-0.15, -0.1) is 0 Å². The maximum absolute atomic E-state index is 6.19. The smallest absolute Gasteiger partial charge is 0.159 e. The molecule has 2 heterocycles. The molecule has 1 unspecified atom stereocenters. The fraction of sp³-hybridized carbons (Fsp3) is 0.222. The van der Waals surface area contributed by atoms with E-state index in [4.69, 9.17) is 17.6 Å². The first kappa shape index (κ1) is 18.0. The van der Waals surface area contributed by atoms with Crippen molar-refractivity contribution in [2.75, 3.05) is 20.8 Å². The van der Waals surface area contributed by atoms with E-state index in [0.717, 1.165) is 43.6 Å². The Labute approximate surface area is 168 Å². The summed E-state index contributed by atoms with van der Waals surface area (Å²) in [6.07, 6.45) is 0. The number of rotatable bonds is 4. The Bertz CT molecular complexity index is 1100. The van der Waals surface area contributed by atoms with Gasteiger partial charge in [0, 0.05) is 15.5 Å². The van der Waals surface area contributed by atoms with Gasteiger partial charge in [0.05, 0.1) is 16.6 Å². The Morgan fingerprint density at radius 2 is 2.08 bits per heavy atom. The van der Waals surface area contributed by atoms with Gasteiger partial charge in [0.25, 0.3) is 0 Å². The first-order valence-corrected chi connectivity index (χ1v) is 11.1. The maximum Gasteiger partial charge on any atom is 0.159 e. The lowest BCUT2D eigenvalue weighted by atomic mass is 10.2. The van der Waals surface area contributed by atoms with Crippen molar-refractivity contribution >= 4 is 60.0 Å². The molecule has 0 aliphatic heterocycles. The number of benzene rings is 2. The third kappa shape index (κ3) is 3.17. The summed E-state index contributed by atoms with van der Waals surface area (Å²) in [6.45, 7) is 2.84. The highest BCUT2D eigenvalue weighted by Gasteiger charge is 2.18. The average Bonchev–Trinajstić information content (AvgIpc) is 3.15. The van der Waals surface area contributed by atoms with Crippen LogP contribution in [-0.2, 0) is 6.54 Å². The van der Waals surface area contributed by atoms with E-state index in [9.17, 15) is 0 Å². The van der Waals surface area contributed by atoms with Crippen molar-refractivity contribution < 1.29 is 0 Å².